The lowest BCUT2D eigenvalue weighted by molar-refractivity contribution is -0.384. The van der Waals surface area contributed by atoms with Crippen LogP contribution in [0.2, 0.25) is 0 Å². The molecular formula is C14H17N3O6. The highest BCUT2D eigenvalue weighted by Crippen LogP contribution is 2.11. The van der Waals surface area contributed by atoms with E-state index in [4.69, 9.17) is 5.11 Å². The van der Waals surface area contributed by atoms with Gasteiger partial charge in [-0.2, -0.15) is 0 Å². The number of nitro groups is 1. The topological polar surface area (TPSA) is 130 Å². The number of non-ortho nitro benzene ring substituents is 1. The van der Waals surface area contributed by atoms with Crippen LogP contribution in [0.25, 0.3) is 0 Å². The molecule has 0 atom stereocenters. The average molecular weight is 323 g/mol. The fourth-order valence-electron chi connectivity index (χ4n) is 1.82. The maximum atomic E-state index is 11.8. The van der Waals surface area contributed by atoms with Gasteiger partial charge in [-0.3, -0.25) is 24.5 Å². The molecule has 1 rings (SSSR count). The predicted molar refractivity (Wildman–Crippen MR) is 79.9 cm³/mol. The monoisotopic (exact) mass is 323 g/mol. The summed E-state index contributed by atoms with van der Waals surface area (Å²) in [7, 11) is 0. The molecule has 0 saturated heterocycles. The van der Waals surface area contributed by atoms with Crippen LogP contribution < -0.4 is 5.32 Å². The number of carbonyl (C=O) groups is 3. The number of hydrogen-bond donors (Lipinski definition) is 2. The number of aliphatic carboxylic acids is 1. The molecule has 0 fully saturated rings. The molecule has 0 aliphatic rings. The molecule has 1 aromatic carbocycles. The third kappa shape index (κ3) is 5.73. The number of likely N-dealkylation sites (N-methyl/N-ethyl adjacent to an activating group) is 1. The Hall–Kier alpha value is -2.97. The highest BCUT2D eigenvalue weighted by Gasteiger charge is 2.15. The third-order valence-electron chi connectivity index (χ3n) is 3.03. The number of hydrogen-bond acceptors (Lipinski definition) is 5. The van der Waals surface area contributed by atoms with Crippen LogP contribution in [-0.2, 0) is 9.59 Å². The van der Waals surface area contributed by atoms with Crippen molar-refractivity contribution < 1.29 is 24.4 Å². The maximum absolute atomic E-state index is 11.8. The maximum Gasteiger partial charge on any atom is 0.323 e. The molecule has 0 bridgehead atoms. The van der Waals surface area contributed by atoms with Crippen LogP contribution in [0.4, 0.5) is 5.69 Å². The van der Waals surface area contributed by atoms with Crippen molar-refractivity contribution in [2.75, 3.05) is 19.6 Å². The van der Waals surface area contributed by atoms with Crippen molar-refractivity contribution in [1.29, 1.82) is 0 Å². The van der Waals surface area contributed by atoms with Gasteiger partial charge in [-0.05, 0) is 19.1 Å². The second-order valence-corrected chi connectivity index (χ2v) is 4.61. The van der Waals surface area contributed by atoms with E-state index in [2.05, 4.69) is 5.32 Å². The Bertz CT molecular complexity index is 599. The van der Waals surface area contributed by atoms with Crippen molar-refractivity contribution in [3.63, 3.8) is 0 Å². The van der Waals surface area contributed by atoms with Crippen molar-refractivity contribution in [2.24, 2.45) is 0 Å². The molecule has 0 aliphatic carbocycles. The zero-order chi connectivity index (χ0) is 17.4. The van der Waals surface area contributed by atoms with Crippen LogP contribution >= 0.6 is 0 Å². The van der Waals surface area contributed by atoms with E-state index in [1.807, 2.05) is 0 Å². The number of benzene rings is 1. The number of carboxylic acid groups (broad SMARTS) is 1. The standard InChI is InChI=1S/C14H17N3O6/c1-2-16(9-13(19)20)12(18)7-8-15-14(21)10-3-5-11(6-4-10)17(22)23/h3-6H,2,7-9H2,1H3,(H,15,21)(H,19,20). The van der Waals surface area contributed by atoms with E-state index in [0.717, 1.165) is 0 Å². The van der Waals surface area contributed by atoms with Gasteiger partial charge in [0.05, 0.1) is 4.92 Å². The fraction of sp³-hybridized carbons (Fsp3) is 0.357. The number of rotatable bonds is 8. The molecular weight excluding hydrogens is 306 g/mol. The van der Waals surface area contributed by atoms with Gasteiger partial charge in [0.25, 0.3) is 11.6 Å². The molecule has 0 spiro atoms. The molecule has 2 amide bonds. The molecule has 0 aromatic heterocycles. The van der Waals surface area contributed by atoms with Gasteiger partial charge in [-0.25, -0.2) is 0 Å². The summed E-state index contributed by atoms with van der Waals surface area (Å²) in [4.78, 5) is 45.3. The largest absolute Gasteiger partial charge is 0.480 e. The van der Waals surface area contributed by atoms with Crippen molar-refractivity contribution in [3.8, 4) is 0 Å². The number of carbonyl (C=O) groups excluding carboxylic acids is 2. The summed E-state index contributed by atoms with van der Waals surface area (Å²) in [5.74, 6) is -1.94. The highest BCUT2D eigenvalue weighted by molar-refractivity contribution is 5.94. The minimum atomic E-state index is -1.10. The highest BCUT2D eigenvalue weighted by atomic mass is 16.6. The number of carboxylic acids is 1. The van der Waals surface area contributed by atoms with Gasteiger partial charge < -0.3 is 15.3 Å². The zero-order valence-electron chi connectivity index (χ0n) is 12.5. The smallest absolute Gasteiger partial charge is 0.323 e. The van der Waals surface area contributed by atoms with E-state index in [1.54, 1.807) is 6.92 Å². The molecule has 124 valence electrons. The lowest BCUT2D eigenvalue weighted by Gasteiger charge is -2.18. The van der Waals surface area contributed by atoms with Gasteiger partial charge in [0.1, 0.15) is 6.54 Å². The van der Waals surface area contributed by atoms with Crippen molar-refractivity contribution in [1.82, 2.24) is 10.2 Å². The Labute approximate surface area is 132 Å². The van der Waals surface area contributed by atoms with Crippen LogP contribution in [0, 0.1) is 10.1 Å². The van der Waals surface area contributed by atoms with Crippen LogP contribution in [0.5, 0.6) is 0 Å². The average Bonchev–Trinajstić information content (AvgIpc) is 2.52. The summed E-state index contributed by atoms with van der Waals surface area (Å²) in [6.45, 7) is 1.59. The van der Waals surface area contributed by atoms with Crippen LogP contribution in [0.1, 0.15) is 23.7 Å². The molecule has 0 heterocycles. The Morgan fingerprint density at radius 2 is 1.87 bits per heavy atom. The molecule has 1 aromatic rings. The molecule has 9 heteroatoms. The lowest BCUT2D eigenvalue weighted by atomic mass is 10.2. The Morgan fingerprint density at radius 3 is 2.35 bits per heavy atom. The van der Waals surface area contributed by atoms with Gasteiger partial charge in [0.15, 0.2) is 0 Å². The molecule has 9 nitrogen and oxygen atoms in total. The van der Waals surface area contributed by atoms with Gasteiger partial charge in [0, 0.05) is 37.2 Å². The molecule has 0 saturated carbocycles. The van der Waals surface area contributed by atoms with E-state index in [1.165, 1.54) is 29.2 Å². The van der Waals surface area contributed by atoms with Gasteiger partial charge >= 0.3 is 5.97 Å². The fourth-order valence-corrected chi connectivity index (χ4v) is 1.82. The SMILES string of the molecule is CCN(CC(=O)O)C(=O)CCNC(=O)c1ccc([N+](=O)[O-])cc1. The summed E-state index contributed by atoms with van der Waals surface area (Å²) in [5, 5.41) is 21.7. The number of nitrogens with zero attached hydrogens (tertiary/aromatic N) is 2. The van der Waals surface area contributed by atoms with E-state index in [0.29, 0.717) is 0 Å². The van der Waals surface area contributed by atoms with E-state index < -0.39 is 16.8 Å². The molecule has 0 radical (unpaired) electrons. The lowest BCUT2D eigenvalue weighted by Crippen LogP contribution is -2.37. The quantitative estimate of drug-likeness (QED) is 0.533. The third-order valence-corrected chi connectivity index (χ3v) is 3.03. The first kappa shape index (κ1) is 18.1. The second kappa shape index (κ2) is 8.47. The van der Waals surface area contributed by atoms with Crippen LogP contribution in [0.15, 0.2) is 24.3 Å². The van der Waals surface area contributed by atoms with E-state index >= 15 is 0 Å². The minimum Gasteiger partial charge on any atom is -0.480 e. The Balaban J connectivity index is 2.48. The van der Waals surface area contributed by atoms with Crippen molar-refractivity contribution >= 4 is 23.5 Å². The minimum absolute atomic E-state index is 0.0279. The number of nitro benzene ring substituents is 1. The number of nitrogens with one attached hydrogen (secondary N) is 1. The van der Waals surface area contributed by atoms with Gasteiger partial charge in [-0.1, -0.05) is 0 Å². The van der Waals surface area contributed by atoms with Crippen LogP contribution in [-0.4, -0.2) is 52.3 Å². The normalized spacial score (nSPS) is 9.96. The van der Waals surface area contributed by atoms with Gasteiger partial charge in [-0.15, -0.1) is 0 Å². The first-order chi connectivity index (χ1) is 10.8. The summed E-state index contributed by atoms with van der Waals surface area (Å²) in [6.07, 6.45) is -0.0279. The van der Waals surface area contributed by atoms with Crippen molar-refractivity contribution in [2.45, 2.75) is 13.3 Å². The van der Waals surface area contributed by atoms with Crippen molar-refractivity contribution in [3.05, 3.63) is 39.9 Å². The second-order valence-electron chi connectivity index (χ2n) is 4.61. The van der Waals surface area contributed by atoms with E-state index in [-0.39, 0.29) is 43.2 Å². The molecule has 0 unspecified atom stereocenters. The number of amides is 2. The summed E-state index contributed by atoms with van der Waals surface area (Å²) in [6, 6.07) is 5.06. The summed E-state index contributed by atoms with van der Waals surface area (Å²) < 4.78 is 0. The summed E-state index contributed by atoms with van der Waals surface area (Å²) >= 11 is 0. The van der Waals surface area contributed by atoms with E-state index in [9.17, 15) is 24.5 Å². The Morgan fingerprint density at radius 1 is 1.26 bits per heavy atom. The first-order valence-corrected chi connectivity index (χ1v) is 6.87. The van der Waals surface area contributed by atoms with Gasteiger partial charge in [0.2, 0.25) is 5.91 Å². The molecule has 2 N–H and O–H groups in total. The first-order valence-electron chi connectivity index (χ1n) is 6.87. The van der Waals surface area contributed by atoms with Crippen LogP contribution in [0.3, 0.4) is 0 Å². The summed E-state index contributed by atoms with van der Waals surface area (Å²) in [5.41, 5.74) is 0.116. The molecule has 0 aliphatic heterocycles. The Kier molecular flexibility index (Phi) is 6.66. The zero-order valence-corrected chi connectivity index (χ0v) is 12.5. The predicted octanol–water partition coefficient (Wildman–Crippen LogP) is 0.648. The molecule has 23 heavy (non-hydrogen) atoms.